The highest BCUT2D eigenvalue weighted by molar-refractivity contribution is 6.30. The van der Waals surface area contributed by atoms with Crippen LogP contribution in [0.3, 0.4) is 0 Å². The lowest BCUT2D eigenvalue weighted by atomic mass is 9.89. The van der Waals surface area contributed by atoms with Gasteiger partial charge in [-0.25, -0.2) is 0 Å². The molecule has 1 aliphatic rings. The molecule has 0 spiro atoms. The van der Waals surface area contributed by atoms with E-state index < -0.39 is 0 Å². The van der Waals surface area contributed by atoms with Gasteiger partial charge < -0.3 is 15.0 Å². The molecule has 2 rings (SSSR count). The van der Waals surface area contributed by atoms with Crippen molar-refractivity contribution in [2.24, 2.45) is 0 Å². The van der Waals surface area contributed by atoms with Gasteiger partial charge in [-0.1, -0.05) is 31.5 Å². The number of hydrogen-bond donors (Lipinski definition) is 1. The molecular formula is C17H29ClN2O. The Hall–Kier alpha value is -0.770. The number of hydrogen-bond acceptors (Lipinski definition) is 3. The fourth-order valence-corrected chi connectivity index (χ4v) is 2.60. The predicted molar refractivity (Wildman–Crippen MR) is 91.7 cm³/mol. The smallest absolute Gasteiger partial charge is 0.124 e. The molecule has 0 radical (unpaired) electrons. The van der Waals surface area contributed by atoms with Crippen LogP contribution in [0.4, 0.5) is 0 Å². The lowest BCUT2D eigenvalue weighted by Gasteiger charge is -2.25. The monoisotopic (exact) mass is 312 g/mol. The van der Waals surface area contributed by atoms with Crippen LogP contribution < -0.4 is 10.1 Å². The van der Waals surface area contributed by atoms with Crippen LogP contribution in [0.2, 0.25) is 5.02 Å². The first-order valence-electron chi connectivity index (χ1n) is 7.94. The second-order valence-electron chi connectivity index (χ2n) is 5.36. The number of benzene rings is 1. The van der Waals surface area contributed by atoms with E-state index in [0.717, 1.165) is 30.4 Å². The van der Waals surface area contributed by atoms with Crippen molar-refractivity contribution in [3.63, 3.8) is 0 Å². The van der Waals surface area contributed by atoms with Crippen LogP contribution in [-0.4, -0.2) is 45.2 Å². The first kappa shape index (κ1) is 18.3. The summed E-state index contributed by atoms with van der Waals surface area (Å²) in [5.74, 6) is 1.55. The minimum Gasteiger partial charge on any atom is -0.492 e. The number of nitrogens with zero attached hydrogens (tertiary/aromatic N) is 1. The second-order valence-corrected chi connectivity index (χ2v) is 5.79. The number of likely N-dealkylation sites (N-methyl/N-ethyl adjacent to an activating group) is 1. The van der Waals surface area contributed by atoms with Gasteiger partial charge in [-0.2, -0.15) is 0 Å². The van der Waals surface area contributed by atoms with Crippen LogP contribution in [0.1, 0.15) is 38.2 Å². The molecule has 0 bridgehead atoms. The molecule has 1 aliphatic heterocycles. The average molecular weight is 313 g/mol. The lowest BCUT2D eigenvalue weighted by molar-refractivity contribution is 0.257. The Balaban J connectivity index is 0.00000106. The minimum absolute atomic E-state index is 0.591. The largest absolute Gasteiger partial charge is 0.492 e. The molecule has 0 unspecified atom stereocenters. The zero-order valence-corrected chi connectivity index (χ0v) is 14.5. The van der Waals surface area contributed by atoms with Crippen LogP contribution in [0.25, 0.3) is 0 Å². The summed E-state index contributed by atoms with van der Waals surface area (Å²) >= 11 is 6.09. The fraction of sp³-hybridized carbons (Fsp3) is 0.647. The molecule has 120 valence electrons. The third kappa shape index (κ3) is 6.25. The molecule has 0 atom stereocenters. The molecule has 1 heterocycles. The third-order valence-electron chi connectivity index (χ3n) is 3.55. The van der Waals surface area contributed by atoms with Crippen molar-refractivity contribution in [3.05, 3.63) is 28.8 Å². The third-order valence-corrected chi connectivity index (χ3v) is 3.79. The summed E-state index contributed by atoms with van der Waals surface area (Å²) in [5.41, 5.74) is 1.31. The summed E-state index contributed by atoms with van der Waals surface area (Å²) in [7, 11) is 4.10. The Kier molecular flexibility index (Phi) is 8.74. The zero-order chi connectivity index (χ0) is 15.7. The van der Waals surface area contributed by atoms with Gasteiger partial charge in [0.05, 0.1) is 0 Å². The van der Waals surface area contributed by atoms with Crippen molar-refractivity contribution < 1.29 is 4.74 Å². The van der Waals surface area contributed by atoms with Crippen LogP contribution in [0.5, 0.6) is 5.75 Å². The van der Waals surface area contributed by atoms with E-state index in [1.807, 2.05) is 26.0 Å². The maximum Gasteiger partial charge on any atom is 0.124 e. The maximum atomic E-state index is 6.09. The van der Waals surface area contributed by atoms with Crippen molar-refractivity contribution in [3.8, 4) is 5.75 Å². The van der Waals surface area contributed by atoms with Crippen molar-refractivity contribution >= 4 is 11.6 Å². The molecule has 1 aromatic carbocycles. The van der Waals surface area contributed by atoms with Crippen molar-refractivity contribution in [1.29, 1.82) is 0 Å². The fourth-order valence-electron chi connectivity index (χ4n) is 2.44. The summed E-state index contributed by atoms with van der Waals surface area (Å²) in [5, 5.41) is 4.15. The molecular weight excluding hydrogens is 284 g/mol. The molecule has 0 amide bonds. The molecule has 1 N–H and O–H groups in total. The molecule has 1 aromatic rings. The normalized spacial score (nSPS) is 15.5. The van der Waals surface area contributed by atoms with Crippen molar-refractivity contribution in [2.45, 2.75) is 32.6 Å². The maximum absolute atomic E-state index is 6.09. The quantitative estimate of drug-likeness (QED) is 0.895. The highest BCUT2D eigenvalue weighted by Gasteiger charge is 2.19. The van der Waals surface area contributed by atoms with Gasteiger partial charge in [0.25, 0.3) is 0 Å². The highest BCUT2D eigenvalue weighted by atomic mass is 35.5. The molecule has 0 aliphatic carbocycles. The van der Waals surface area contributed by atoms with Gasteiger partial charge in [-0.15, -0.1) is 0 Å². The van der Waals surface area contributed by atoms with Gasteiger partial charge in [-0.05, 0) is 63.6 Å². The summed E-state index contributed by atoms with van der Waals surface area (Å²) in [6.45, 7) is 7.79. The van der Waals surface area contributed by atoms with Gasteiger partial charge in [0.15, 0.2) is 0 Å². The van der Waals surface area contributed by atoms with Crippen LogP contribution in [0, 0.1) is 0 Å². The van der Waals surface area contributed by atoms with Gasteiger partial charge in [0.1, 0.15) is 12.4 Å². The highest BCUT2D eigenvalue weighted by Crippen LogP contribution is 2.34. The first-order valence-corrected chi connectivity index (χ1v) is 8.32. The number of rotatable bonds is 5. The molecule has 4 heteroatoms. The molecule has 1 fully saturated rings. The Morgan fingerprint density at radius 3 is 2.52 bits per heavy atom. The summed E-state index contributed by atoms with van der Waals surface area (Å²) in [6, 6.07) is 6.05. The Labute approximate surface area is 134 Å². The van der Waals surface area contributed by atoms with Crippen molar-refractivity contribution in [2.75, 3.05) is 40.3 Å². The van der Waals surface area contributed by atoms with E-state index in [2.05, 4.69) is 30.4 Å². The Morgan fingerprint density at radius 2 is 1.90 bits per heavy atom. The Morgan fingerprint density at radius 1 is 1.24 bits per heavy atom. The molecule has 21 heavy (non-hydrogen) atoms. The summed E-state index contributed by atoms with van der Waals surface area (Å²) < 4.78 is 5.94. The second kappa shape index (κ2) is 10.0. The molecule has 0 saturated carbocycles. The van der Waals surface area contributed by atoms with E-state index in [0.29, 0.717) is 12.5 Å². The summed E-state index contributed by atoms with van der Waals surface area (Å²) in [4.78, 5) is 2.12. The van der Waals surface area contributed by atoms with E-state index in [-0.39, 0.29) is 0 Å². The lowest BCUT2D eigenvalue weighted by Crippen LogP contribution is -2.27. The standard InChI is InChI=1S/C15H23ClN2O.C2H6/c1-18(2)9-10-19-15-11-13(16)3-4-14(15)12-5-7-17-8-6-12;1-2/h3-4,11-12,17H,5-10H2,1-2H3;1-2H3. The van der Waals surface area contributed by atoms with Gasteiger partial charge in [-0.3, -0.25) is 0 Å². The van der Waals surface area contributed by atoms with E-state index in [1.54, 1.807) is 0 Å². The minimum atomic E-state index is 0.591. The molecule has 0 aromatic heterocycles. The zero-order valence-electron chi connectivity index (χ0n) is 13.8. The SMILES string of the molecule is CC.CN(C)CCOc1cc(Cl)ccc1C1CCNCC1. The first-order chi connectivity index (χ1) is 10.2. The predicted octanol–water partition coefficient (Wildman–Crippen LogP) is 3.77. The summed E-state index contributed by atoms with van der Waals surface area (Å²) in [6.07, 6.45) is 2.34. The van der Waals surface area contributed by atoms with Crippen LogP contribution in [-0.2, 0) is 0 Å². The van der Waals surface area contributed by atoms with E-state index in [1.165, 1.54) is 18.4 Å². The van der Waals surface area contributed by atoms with Crippen molar-refractivity contribution in [1.82, 2.24) is 10.2 Å². The van der Waals surface area contributed by atoms with Crippen LogP contribution in [0.15, 0.2) is 18.2 Å². The number of piperidine rings is 1. The Bertz CT molecular complexity index is 404. The molecule has 3 nitrogen and oxygen atoms in total. The topological polar surface area (TPSA) is 24.5 Å². The number of nitrogens with one attached hydrogen (secondary N) is 1. The van der Waals surface area contributed by atoms with E-state index in [9.17, 15) is 0 Å². The molecule has 1 saturated heterocycles. The van der Waals surface area contributed by atoms with E-state index in [4.69, 9.17) is 16.3 Å². The van der Waals surface area contributed by atoms with Gasteiger partial charge >= 0.3 is 0 Å². The van der Waals surface area contributed by atoms with Gasteiger partial charge in [0.2, 0.25) is 0 Å². The average Bonchev–Trinajstić information content (AvgIpc) is 2.50. The van der Waals surface area contributed by atoms with Crippen LogP contribution >= 0.6 is 11.6 Å². The van der Waals surface area contributed by atoms with Gasteiger partial charge in [0, 0.05) is 11.6 Å². The van der Waals surface area contributed by atoms with E-state index >= 15 is 0 Å². The number of halogens is 1. The number of ether oxygens (including phenoxy) is 1.